The number of para-hydroxylation sites is 1. The molecule has 1 unspecified atom stereocenters. The van der Waals surface area contributed by atoms with Crippen LogP contribution in [0.2, 0.25) is 0 Å². The summed E-state index contributed by atoms with van der Waals surface area (Å²) in [5.74, 6) is -0.113. The number of amides is 1. The van der Waals surface area contributed by atoms with E-state index in [0.29, 0.717) is 12.2 Å². The number of aromatic amines is 1. The zero-order valence-electron chi connectivity index (χ0n) is 12.5. The molecule has 1 aliphatic rings. The smallest absolute Gasteiger partial charge is 0.270 e. The van der Waals surface area contributed by atoms with Crippen molar-refractivity contribution in [2.75, 3.05) is 24.5 Å². The normalized spacial score (nSPS) is 18.3. The Labute approximate surface area is 129 Å². The van der Waals surface area contributed by atoms with Crippen LogP contribution in [0, 0.1) is 0 Å². The summed E-state index contributed by atoms with van der Waals surface area (Å²) in [7, 11) is 0. The number of rotatable bonds is 2. The maximum atomic E-state index is 12.5. The number of hydrogen-bond acceptors (Lipinski definition) is 3. The molecule has 0 saturated carbocycles. The molecule has 1 aliphatic heterocycles. The molecule has 1 amide bonds. The average molecular weight is 297 g/mol. The molecule has 1 aromatic heterocycles. The molecule has 1 saturated heterocycles. The van der Waals surface area contributed by atoms with Gasteiger partial charge < -0.3 is 14.8 Å². The molecule has 114 valence electrons. The number of aromatic nitrogens is 1. The third kappa shape index (κ3) is 2.88. The molecular formula is C17H19N3O2. The standard InChI is InChI=1S/C17H19N3O2/c1-13-12-19(14-5-3-2-4-6-14)9-10-20(13)17(22)16-11-15(21)7-8-18-16/h2-8,11,13H,9-10,12H2,1H3,(H,18,21). The van der Waals surface area contributed by atoms with Gasteiger partial charge in [-0.1, -0.05) is 18.2 Å². The number of anilines is 1. The molecule has 2 aromatic rings. The van der Waals surface area contributed by atoms with Crippen molar-refractivity contribution >= 4 is 11.6 Å². The number of pyridine rings is 1. The minimum Gasteiger partial charge on any atom is -0.368 e. The van der Waals surface area contributed by atoms with Crippen molar-refractivity contribution in [2.45, 2.75) is 13.0 Å². The molecule has 0 aliphatic carbocycles. The lowest BCUT2D eigenvalue weighted by Gasteiger charge is -2.41. The van der Waals surface area contributed by atoms with Gasteiger partial charge in [0.1, 0.15) is 5.69 Å². The minimum absolute atomic E-state index is 0.0881. The second-order valence-electron chi connectivity index (χ2n) is 5.57. The van der Waals surface area contributed by atoms with E-state index in [1.807, 2.05) is 30.0 Å². The summed E-state index contributed by atoms with van der Waals surface area (Å²) in [5, 5.41) is 0. The van der Waals surface area contributed by atoms with E-state index in [1.54, 1.807) is 0 Å². The molecule has 1 N–H and O–H groups in total. The molecule has 22 heavy (non-hydrogen) atoms. The van der Waals surface area contributed by atoms with Crippen LogP contribution in [0.15, 0.2) is 53.5 Å². The second-order valence-corrected chi connectivity index (χ2v) is 5.57. The Kier molecular flexibility index (Phi) is 3.96. The molecular weight excluding hydrogens is 278 g/mol. The van der Waals surface area contributed by atoms with Crippen LogP contribution in [-0.4, -0.2) is 41.5 Å². The molecule has 5 heteroatoms. The molecule has 1 atom stereocenters. The highest BCUT2D eigenvalue weighted by Gasteiger charge is 2.28. The van der Waals surface area contributed by atoms with Crippen LogP contribution in [0.1, 0.15) is 17.4 Å². The van der Waals surface area contributed by atoms with Gasteiger partial charge in [0.25, 0.3) is 5.91 Å². The largest absolute Gasteiger partial charge is 0.368 e. The summed E-state index contributed by atoms with van der Waals surface area (Å²) in [5.41, 5.74) is 1.37. The van der Waals surface area contributed by atoms with Crippen molar-refractivity contribution < 1.29 is 4.79 Å². The molecule has 0 radical (unpaired) electrons. The Morgan fingerprint density at radius 3 is 2.64 bits per heavy atom. The van der Waals surface area contributed by atoms with Crippen molar-refractivity contribution in [3.05, 3.63) is 64.6 Å². The third-order valence-corrected chi connectivity index (χ3v) is 4.01. The fourth-order valence-corrected chi connectivity index (χ4v) is 2.86. The van der Waals surface area contributed by atoms with E-state index >= 15 is 0 Å². The Morgan fingerprint density at radius 2 is 1.95 bits per heavy atom. The summed E-state index contributed by atoms with van der Waals surface area (Å²) in [6, 6.07) is 13.1. The maximum absolute atomic E-state index is 12.5. The second kappa shape index (κ2) is 6.05. The fourth-order valence-electron chi connectivity index (χ4n) is 2.86. The van der Waals surface area contributed by atoms with E-state index in [1.165, 1.54) is 24.0 Å². The predicted octanol–water partition coefficient (Wildman–Crippen LogP) is 1.73. The average Bonchev–Trinajstić information content (AvgIpc) is 2.55. The lowest BCUT2D eigenvalue weighted by molar-refractivity contribution is 0.0668. The molecule has 2 heterocycles. The first kappa shape index (κ1) is 14.4. The number of nitrogens with zero attached hydrogens (tertiary/aromatic N) is 2. The number of carbonyl (C=O) groups is 1. The SMILES string of the molecule is CC1CN(c2ccccc2)CCN1C(=O)c1cc(=O)cc[nH]1. The highest BCUT2D eigenvalue weighted by molar-refractivity contribution is 5.92. The zero-order valence-corrected chi connectivity index (χ0v) is 12.5. The van der Waals surface area contributed by atoms with Crippen molar-refractivity contribution in [3.8, 4) is 0 Å². The monoisotopic (exact) mass is 297 g/mol. The van der Waals surface area contributed by atoms with Crippen LogP contribution in [0.25, 0.3) is 0 Å². The minimum atomic E-state index is -0.155. The Balaban J connectivity index is 1.73. The van der Waals surface area contributed by atoms with E-state index in [4.69, 9.17) is 0 Å². The first-order valence-electron chi connectivity index (χ1n) is 7.45. The fraction of sp³-hybridized carbons (Fsp3) is 0.294. The topological polar surface area (TPSA) is 56.4 Å². The third-order valence-electron chi connectivity index (χ3n) is 4.01. The van der Waals surface area contributed by atoms with Crippen molar-refractivity contribution in [1.82, 2.24) is 9.88 Å². The summed E-state index contributed by atoms with van der Waals surface area (Å²) >= 11 is 0. The number of piperazine rings is 1. The van der Waals surface area contributed by atoms with Crippen molar-refractivity contribution in [2.24, 2.45) is 0 Å². The van der Waals surface area contributed by atoms with Crippen LogP contribution in [-0.2, 0) is 0 Å². The van der Waals surface area contributed by atoms with E-state index in [9.17, 15) is 9.59 Å². The van der Waals surface area contributed by atoms with E-state index in [2.05, 4.69) is 22.0 Å². The van der Waals surface area contributed by atoms with E-state index < -0.39 is 0 Å². The number of nitrogens with one attached hydrogen (secondary N) is 1. The lowest BCUT2D eigenvalue weighted by atomic mass is 10.1. The molecule has 0 spiro atoms. The summed E-state index contributed by atoms with van der Waals surface area (Å²) in [6.07, 6.45) is 1.51. The van der Waals surface area contributed by atoms with Crippen LogP contribution >= 0.6 is 0 Å². The predicted molar refractivity (Wildman–Crippen MR) is 86.2 cm³/mol. The van der Waals surface area contributed by atoms with Gasteiger partial charge in [-0.25, -0.2) is 0 Å². The number of H-pyrrole nitrogens is 1. The quantitative estimate of drug-likeness (QED) is 0.918. The molecule has 0 bridgehead atoms. The van der Waals surface area contributed by atoms with Gasteiger partial charge in [-0.2, -0.15) is 0 Å². The van der Waals surface area contributed by atoms with Gasteiger partial charge in [0.2, 0.25) is 0 Å². The number of hydrogen-bond donors (Lipinski definition) is 1. The first-order valence-corrected chi connectivity index (χ1v) is 7.45. The molecule has 5 nitrogen and oxygen atoms in total. The number of benzene rings is 1. The summed E-state index contributed by atoms with van der Waals surface area (Å²) < 4.78 is 0. The maximum Gasteiger partial charge on any atom is 0.270 e. The Hall–Kier alpha value is -2.56. The van der Waals surface area contributed by atoms with Crippen LogP contribution in [0.4, 0.5) is 5.69 Å². The first-order chi connectivity index (χ1) is 10.6. The van der Waals surface area contributed by atoms with Gasteiger partial charge in [0.15, 0.2) is 5.43 Å². The van der Waals surface area contributed by atoms with Crippen LogP contribution in [0.5, 0.6) is 0 Å². The van der Waals surface area contributed by atoms with E-state index in [0.717, 1.165) is 13.1 Å². The van der Waals surface area contributed by atoms with Crippen molar-refractivity contribution in [3.63, 3.8) is 0 Å². The van der Waals surface area contributed by atoms with Crippen LogP contribution < -0.4 is 10.3 Å². The summed E-state index contributed by atoms with van der Waals surface area (Å²) in [4.78, 5) is 30.9. The van der Waals surface area contributed by atoms with Gasteiger partial charge in [-0.05, 0) is 19.1 Å². The van der Waals surface area contributed by atoms with Gasteiger partial charge in [-0.3, -0.25) is 9.59 Å². The van der Waals surface area contributed by atoms with Gasteiger partial charge >= 0.3 is 0 Å². The highest BCUT2D eigenvalue weighted by atomic mass is 16.2. The van der Waals surface area contributed by atoms with Crippen LogP contribution in [0.3, 0.4) is 0 Å². The highest BCUT2D eigenvalue weighted by Crippen LogP contribution is 2.19. The van der Waals surface area contributed by atoms with Gasteiger partial charge in [0.05, 0.1) is 0 Å². The molecule has 1 fully saturated rings. The van der Waals surface area contributed by atoms with Gasteiger partial charge in [-0.15, -0.1) is 0 Å². The lowest BCUT2D eigenvalue weighted by Crippen LogP contribution is -2.54. The Bertz CT molecular complexity index is 711. The number of carbonyl (C=O) groups excluding carboxylic acids is 1. The van der Waals surface area contributed by atoms with Gasteiger partial charge in [0, 0.05) is 49.7 Å². The molecule has 3 rings (SSSR count). The Morgan fingerprint density at radius 1 is 1.18 bits per heavy atom. The zero-order chi connectivity index (χ0) is 15.5. The molecule has 1 aromatic carbocycles. The van der Waals surface area contributed by atoms with E-state index in [-0.39, 0.29) is 17.4 Å². The summed E-state index contributed by atoms with van der Waals surface area (Å²) in [6.45, 7) is 4.25. The van der Waals surface area contributed by atoms with Crippen molar-refractivity contribution in [1.29, 1.82) is 0 Å².